The van der Waals surface area contributed by atoms with Gasteiger partial charge in [0.05, 0.1) is 7.11 Å². The molecule has 0 saturated carbocycles. The van der Waals surface area contributed by atoms with Gasteiger partial charge in [0, 0.05) is 17.4 Å². The molecule has 2 aromatic rings. The fourth-order valence-corrected chi connectivity index (χ4v) is 1.82. The van der Waals surface area contributed by atoms with E-state index in [0.717, 1.165) is 17.4 Å². The van der Waals surface area contributed by atoms with Gasteiger partial charge in [-0.15, -0.1) is 0 Å². The van der Waals surface area contributed by atoms with Gasteiger partial charge in [-0.3, -0.25) is 0 Å². The van der Waals surface area contributed by atoms with Crippen molar-refractivity contribution in [1.82, 2.24) is 4.57 Å². The first-order chi connectivity index (χ1) is 9.27. The molecular formula is C16H25NO2. The first kappa shape index (κ1) is 17.2. The molecule has 0 atom stereocenters. The van der Waals surface area contributed by atoms with Crippen LogP contribution in [-0.2, 0) is 11.3 Å². The Morgan fingerprint density at radius 2 is 1.74 bits per heavy atom. The van der Waals surface area contributed by atoms with Gasteiger partial charge in [0.25, 0.3) is 0 Å². The van der Waals surface area contributed by atoms with Crippen molar-refractivity contribution < 1.29 is 9.53 Å². The average Bonchev–Trinajstić information content (AvgIpc) is 2.89. The average molecular weight is 263 g/mol. The molecule has 1 aromatic carbocycles. The number of ether oxygens (including phenoxy) is 1. The first-order valence-electron chi connectivity index (χ1n) is 6.94. The minimum absolute atomic E-state index is 0.284. The summed E-state index contributed by atoms with van der Waals surface area (Å²) in [5.74, 6) is -0.284. The number of carbonyl (C=O) groups excluding carboxylic acids is 1. The van der Waals surface area contributed by atoms with Gasteiger partial charge in [-0.25, -0.2) is 4.79 Å². The third kappa shape index (κ3) is 3.85. The Bertz CT molecular complexity index is 500. The minimum atomic E-state index is -0.284. The molecule has 0 aliphatic rings. The molecule has 0 bridgehead atoms. The van der Waals surface area contributed by atoms with Crippen LogP contribution >= 0.6 is 0 Å². The number of nitrogens with zero attached hydrogens (tertiary/aromatic N) is 1. The Balaban J connectivity index is 0.000000741. The number of benzene rings is 1. The standard InChI is InChI=1S/C12H13NO2.2C2H6/c1-3-13-10-7-5-4-6-9(10)8-11(13)12(14)15-2;2*1-2/h4-8H,3H2,1-2H3;2*1-2H3. The van der Waals surface area contributed by atoms with Crippen molar-refractivity contribution >= 4 is 16.9 Å². The molecule has 0 radical (unpaired) electrons. The summed E-state index contributed by atoms with van der Waals surface area (Å²) in [5.41, 5.74) is 1.68. The Labute approximate surface area is 116 Å². The summed E-state index contributed by atoms with van der Waals surface area (Å²) in [7, 11) is 1.40. The van der Waals surface area contributed by atoms with Crippen molar-refractivity contribution in [2.45, 2.75) is 41.2 Å². The highest BCUT2D eigenvalue weighted by Gasteiger charge is 2.13. The summed E-state index contributed by atoms with van der Waals surface area (Å²) in [4.78, 5) is 11.5. The summed E-state index contributed by atoms with van der Waals surface area (Å²) < 4.78 is 6.71. The molecule has 0 fully saturated rings. The predicted molar refractivity (Wildman–Crippen MR) is 81.6 cm³/mol. The molecule has 3 heteroatoms. The zero-order valence-electron chi connectivity index (χ0n) is 12.9. The second kappa shape index (κ2) is 9.20. The van der Waals surface area contributed by atoms with Crippen LogP contribution in [-0.4, -0.2) is 17.6 Å². The Morgan fingerprint density at radius 3 is 2.26 bits per heavy atom. The highest BCUT2D eigenvalue weighted by atomic mass is 16.5. The maximum Gasteiger partial charge on any atom is 0.354 e. The Morgan fingerprint density at radius 1 is 1.16 bits per heavy atom. The Kier molecular flexibility index (Phi) is 8.34. The van der Waals surface area contributed by atoms with Crippen LogP contribution in [0.1, 0.15) is 45.1 Å². The van der Waals surface area contributed by atoms with E-state index in [0.29, 0.717) is 5.69 Å². The lowest BCUT2D eigenvalue weighted by molar-refractivity contribution is 0.0589. The predicted octanol–water partition coefficient (Wildman–Crippen LogP) is 4.50. The minimum Gasteiger partial charge on any atom is -0.464 e. The normalized spacial score (nSPS) is 8.95. The molecule has 3 nitrogen and oxygen atoms in total. The highest BCUT2D eigenvalue weighted by molar-refractivity contribution is 5.95. The molecule has 0 aliphatic heterocycles. The van der Waals surface area contributed by atoms with E-state index in [1.165, 1.54) is 7.11 Å². The van der Waals surface area contributed by atoms with Crippen LogP contribution in [0.5, 0.6) is 0 Å². The molecule has 1 heterocycles. The molecule has 0 unspecified atom stereocenters. The van der Waals surface area contributed by atoms with Gasteiger partial charge >= 0.3 is 5.97 Å². The molecule has 1 aromatic heterocycles. The molecule has 0 amide bonds. The highest BCUT2D eigenvalue weighted by Crippen LogP contribution is 2.20. The van der Waals surface area contributed by atoms with Crippen molar-refractivity contribution in [3.8, 4) is 0 Å². The number of hydrogen-bond donors (Lipinski definition) is 0. The molecule has 0 aliphatic carbocycles. The lowest BCUT2D eigenvalue weighted by Gasteiger charge is -2.05. The van der Waals surface area contributed by atoms with E-state index in [9.17, 15) is 4.79 Å². The quantitative estimate of drug-likeness (QED) is 0.747. The number of methoxy groups -OCH3 is 1. The summed E-state index contributed by atoms with van der Waals surface area (Å²) in [6.45, 7) is 10.8. The lowest BCUT2D eigenvalue weighted by atomic mass is 10.2. The zero-order valence-corrected chi connectivity index (χ0v) is 12.9. The van der Waals surface area contributed by atoms with Gasteiger partial charge in [-0.05, 0) is 19.1 Å². The molecule has 106 valence electrons. The van der Waals surface area contributed by atoms with Crippen LogP contribution in [0.3, 0.4) is 0 Å². The molecule has 2 rings (SSSR count). The molecule has 0 N–H and O–H groups in total. The van der Waals surface area contributed by atoms with Gasteiger partial charge in [-0.2, -0.15) is 0 Å². The molecule has 0 spiro atoms. The molecule has 19 heavy (non-hydrogen) atoms. The van der Waals surface area contributed by atoms with Crippen LogP contribution in [0.2, 0.25) is 0 Å². The van der Waals surface area contributed by atoms with Crippen molar-refractivity contribution in [1.29, 1.82) is 0 Å². The zero-order chi connectivity index (χ0) is 14.8. The molecule has 0 saturated heterocycles. The fraction of sp³-hybridized carbons (Fsp3) is 0.438. The van der Waals surface area contributed by atoms with Crippen LogP contribution in [0.4, 0.5) is 0 Å². The van der Waals surface area contributed by atoms with Gasteiger partial charge in [0.2, 0.25) is 0 Å². The number of esters is 1. The number of rotatable bonds is 2. The van der Waals surface area contributed by atoms with E-state index in [4.69, 9.17) is 4.74 Å². The van der Waals surface area contributed by atoms with Gasteiger partial charge in [-0.1, -0.05) is 45.9 Å². The largest absolute Gasteiger partial charge is 0.464 e. The van der Waals surface area contributed by atoms with E-state index in [1.807, 2.05) is 69.5 Å². The van der Waals surface area contributed by atoms with E-state index in [1.54, 1.807) is 0 Å². The smallest absolute Gasteiger partial charge is 0.354 e. The lowest BCUT2D eigenvalue weighted by Crippen LogP contribution is -2.09. The van der Waals surface area contributed by atoms with Crippen molar-refractivity contribution in [3.05, 3.63) is 36.0 Å². The summed E-state index contributed by atoms with van der Waals surface area (Å²) in [6.07, 6.45) is 0. The summed E-state index contributed by atoms with van der Waals surface area (Å²) in [5, 5.41) is 1.07. The maximum absolute atomic E-state index is 11.5. The maximum atomic E-state index is 11.5. The van der Waals surface area contributed by atoms with Gasteiger partial charge in [0.15, 0.2) is 0 Å². The van der Waals surface area contributed by atoms with Crippen molar-refractivity contribution in [3.63, 3.8) is 0 Å². The SMILES string of the molecule is CC.CC.CCn1c(C(=O)OC)cc2ccccc21. The number of hydrogen-bond acceptors (Lipinski definition) is 2. The van der Waals surface area contributed by atoms with Crippen LogP contribution < -0.4 is 0 Å². The van der Waals surface area contributed by atoms with Crippen molar-refractivity contribution in [2.75, 3.05) is 7.11 Å². The second-order valence-corrected chi connectivity index (χ2v) is 3.32. The van der Waals surface area contributed by atoms with E-state index in [2.05, 4.69) is 0 Å². The third-order valence-corrected chi connectivity index (χ3v) is 2.52. The van der Waals surface area contributed by atoms with Gasteiger partial charge < -0.3 is 9.30 Å². The number of aryl methyl sites for hydroxylation is 1. The van der Waals surface area contributed by atoms with E-state index in [-0.39, 0.29) is 5.97 Å². The first-order valence-corrected chi connectivity index (χ1v) is 6.94. The van der Waals surface area contributed by atoms with Crippen molar-refractivity contribution in [2.24, 2.45) is 0 Å². The number of fused-ring (bicyclic) bond motifs is 1. The second-order valence-electron chi connectivity index (χ2n) is 3.32. The van der Waals surface area contributed by atoms with Crippen LogP contribution in [0, 0.1) is 0 Å². The van der Waals surface area contributed by atoms with Gasteiger partial charge in [0.1, 0.15) is 5.69 Å². The number of aromatic nitrogens is 1. The summed E-state index contributed by atoms with van der Waals surface area (Å²) in [6, 6.07) is 9.79. The Hall–Kier alpha value is -1.77. The van der Waals surface area contributed by atoms with E-state index < -0.39 is 0 Å². The van der Waals surface area contributed by atoms with Crippen LogP contribution in [0.15, 0.2) is 30.3 Å². The number of para-hydroxylation sites is 1. The topological polar surface area (TPSA) is 31.2 Å². The molecular weight excluding hydrogens is 238 g/mol. The third-order valence-electron chi connectivity index (χ3n) is 2.52. The number of carbonyl (C=O) groups is 1. The van der Waals surface area contributed by atoms with E-state index >= 15 is 0 Å². The fourth-order valence-electron chi connectivity index (χ4n) is 1.82. The monoisotopic (exact) mass is 263 g/mol. The summed E-state index contributed by atoms with van der Waals surface area (Å²) >= 11 is 0. The van der Waals surface area contributed by atoms with Crippen LogP contribution in [0.25, 0.3) is 10.9 Å².